The summed E-state index contributed by atoms with van der Waals surface area (Å²) in [6.07, 6.45) is 4.64. The van der Waals surface area contributed by atoms with Crippen LogP contribution in [-0.4, -0.2) is 82.3 Å². The fraction of sp³-hybridized carbons (Fsp3) is 1.00. The van der Waals surface area contributed by atoms with Crippen LogP contribution in [0.2, 0.25) is 0 Å². The molecule has 0 unspecified atom stereocenters. The van der Waals surface area contributed by atoms with E-state index in [1.807, 2.05) is 0 Å². The van der Waals surface area contributed by atoms with Gasteiger partial charge in [0.1, 0.15) is 0 Å². The van der Waals surface area contributed by atoms with Crippen molar-refractivity contribution in [2.24, 2.45) is 11.8 Å². The molecule has 0 spiro atoms. The van der Waals surface area contributed by atoms with Crippen LogP contribution < -0.4 is 4.72 Å². The van der Waals surface area contributed by atoms with E-state index in [0.29, 0.717) is 44.2 Å². The van der Waals surface area contributed by atoms with E-state index in [2.05, 4.69) is 9.62 Å². The Labute approximate surface area is 144 Å². The number of hydrogen-bond acceptors (Lipinski definition) is 5. The van der Waals surface area contributed by atoms with Crippen LogP contribution >= 0.6 is 0 Å². The first-order chi connectivity index (χ1) is 11.6. The van der Waals surface area contributed by atoms with Gasteiger partial charge in [0, 0.05) is 51.5 Å². The molecular formula is C16H29N3O4S. The molecule has 1 saturated carbocycles. The second-order valence-corrected chi connectivity index (χ2v) is 9.24. The minimum Gasteiger partial charge on any atom is -0.381 e. The van der Waals surface area contributed by atoms with E-state index in [4.69, 9.17) is 9.47 Å². The number of morpholine rings is 1. The summed E-state index contributed by atoms with van der Waals surface area (Å²) >= 11 is 0. The van der Waals surface area contributed by atoms with Crippen molar-refractivity contribution >= 4 is 10.2 Å². The van der Waals surface area contributed by atoms with Gasteiger partial charge in [-0.2, -0.15) is 17.4 Å². The van der Waals surface area contributed by atoms with Gasteiger partial charge in [-0.1, -0.05) is 0 Å². The molecule has 138 valence electrons. The fourth-order valence-electron chi connectivity index (χ4n) is 4.39. The average molecular weight is 359 g/mol. The van der Waals surface area contributed by atoms with Gasteiger partial charge >= 0.3 is 0 Å². The molecule has 0 aromatic carbocycles. The van der Waals surface area contributed by atoms with Gasteiger partial charge in [-0.3, -0.25) is 4.90 Å². The van der Waals surface area contributed by atoms with Gasteiger partial charge in [0.25, 0.3) is 10.2 Å². The molecule has 2 atom stereocenters. The molecule has 8 heteroatoms. The molecule has 3 saturated heterocycles. The van der Waals surface area contributed by atoms with E-state index in [9.17, 15) is 8.42 Å². The molecule has 0 bridgehead atoms. The van der Waals surface area contributed by atoms with Crippen molar-refractivity contribution in [2.75, 3.05) is 52.6 Å². The molecule has 0 amide bonds. The minimum atomic E-state index is -3.41. The Bertz CT molecular complexity index is 527. The highest BCUT2D eigenvalue weighted by Gasteiger charge is 2.46. The maximum atomic E-state index is 12.7. The minimum absolute atomic E-state index is 0.0492. The lowest BCUT2D eigenvalue weighted by atomic mass is 9.99. The first-order valence-electron chi connectivity index (χ1n) is 9.30. The van der Waals surface area contributed by atoms with Gasteiger partial charge < -0.3 is 9.47 Å². The summed E-state index contributed by atoms with van der Waals surface area (Å²) in [5.41, 5.74) is 0. The summed E-state index contributed by atoms with van der Waals surface area (Å²) in [4.78, 5) is 2.51. The molecule has 4 rings (SSSR count). The van der Waals surface area contributed by atoms with Gasteiger partial charge in [-0.25, -0.2) is 0 Å². The Balaban J connectivity index is 1.42. The molecule has 0 aromatic heterocycles. The normalized spacial score (nSPS) is 34.7. The number of nitrogens with one attached hydrogen (secondary N) is 1. The lowest BCUT2D eigenvalue weighted by Crippen LogP contribution is -2.51. The first kappa shape index (κ1) is 17.2. The summed E-state index contributed by atoms with van der Waals surface area (Å²) < 4.78 is 40.8. The van der Waals surface area contributed by atoms with Crippen LogP contribution in [-0.2, 0) is 19.7 Å². The summed E-state index contributed by atoms with van der Waals surface area (Å²) in [5, 5.41) is 0. The van der Waals surface area contributed by atoms with Crippen molar-refractivity contribution in [3.05, 3.63) is 0 Å². The predicted molar refractivity (Wildman–Crippen MR) is 89.9 cm³/mol. The zero-order valence-electron chi connectivity index (χ0n) is 14.2. The van der Waals surface area contributed by atoms with Gasteiger partial charge in [-0.15, -0.1) is 0 Å². The topological polar surface area (TPSA) is 71.1 Å². The highest BCUT2D eigenvalue weighted by molar-refractivity contribution is 7.87. The number of hydrogen-bond donors (Lipinski definition) is 1. The zero-order chi connectivity index (χ0) is 16.6. The average Bonchev–Trinajstić information content (AvgIpc) is 3.37. The van der Waals surface area contributed by atoms with E-state index in [1.165, 1.54) is 17.1 Å². The second-order valence-electron chi connectivity index (χ2n) is 7.54. The molecule has 0 radical (unpaired) electrons. The predicted octanol–water partition coefficient (Wildman–Crippen LogP) is 0.0424. The van der Waals surface area contributed by atoms with E-state index >= 15 is 0 Å². The van der Waals surface area contributed by atoms with E-state index < -0.39 is 10.2 Å². The summed E-state index contributed by atoms with van der Waals surface area (Å²) in [7, 11) is -3.41. The third-order valence-corrected chi connectivity index (χ3v) is 7.58. The van der Waals surface area contributed by atoms with Crippen molar-refractivity contribution in [3.8, 4) is 0 Å². The van der Waals surface area contributed by atoms with Crippen LogP contribution in [0.15, 0.2) is 0 Å². The molecule has 3 heterocycles. The van der Waals surface area contributed by atoms with Crippen molar-refractivity contribution in [2.45, 2.75) is 37.8 Å². The Morgan fingerprint density at radius 3 is 2.21 bits per heavy atom. The summed E-state index contributed by atoms with van der Waals surface area (Å²) in [6.45, 7) is 5.44. The third-order valence-electron chi connectivity index (χ3n) is 5.94. The molecule has 7 nitrogen and oxygen atoms in total. The van der Waals surface area contributed by atoms with Gasteiger partial charge in [0.2, 0.25) is 0 Å². The second kappa shape index (κ2) is 7.17. The lowest BCUT2D eigenvalue weighted by Gasteiger charge is -2.31. The van der Waals surface area contributed by atoms with Gasteiger partial charge in [0.15, 0.2) is 0 Å². The third kappa shape index (κ3) is 3.78. The Kier molecular flexibility index (Phi) is 5.13. The lowest BCUT2D eigenvalue weighted by molar-refractivity contribution is 0.0405. The van der Waals surface area contributed by atoms with E-state index in [0.717, 1.165) is 39.1 Å². The van der Waals surface area contributed by atoms with Crippen LogP contribution in [0.25, 0.3) is 0 Å². The van der Waals surface area contributed by atoms with Crippen LogP contribution in [0, 0.1) is 11.8 Å². The smallest absolute Gasteiger partial charge is 0.279 e. The molecule has 1 N–H and O–H groups in total. The van der Waals surface area contributed by atoms with Crippen LogP contribution in [0.5, 0.6) is 0 Å². The van der Waals surface area contributed by atoms with Crippen molar-refractivity contribution in [1.82, 2.24) is 13.9 Å². The molecule has 1 aliphatic carbocycles. The quantitative estimate of drug-likeness (QED) is 0.751. The highest BCUT2D eigenvalue weighted by atomic mass is 32.2. The summed E-state index contributed by atoms with van der Waals surface area (Å²) in [6, 6.07) is 0.603. The van der Waals surface area contributed by atoms with Crippen LogP contribution in [0.4, 0.5) is 0 Å². The van der Waals surface area contributed by atoms with Crippen molar-refractivity contribution < 1.29 is 17.9 Å². The molecule has 3 aliphatic heterocycles. The van der Waals surface area contributed by atoms with Crippen molar-refractivity contribution in [1.29, 1.82) is 0 Å². The van der Waals surface area contributed by atoms with Crippen LogP contribution in [0.3, 0.4) is 0 Å². The molecular weight excluding hydrogens is 330 g/mol. The SMILES string of the molecule is O=S(=O)(N[C@@H]1CN(C2CCOCC2)C[C@H]1C1CC1)N1CCOCC1. The fourth-order valence-corrected chi connectivity index (χ4v) is 5.80. The first-order valence-corrected chi connectivity index (χ1v) is 10.7. The van der Waals surface area contributed by atoms with Gasteiger partial charge in [0.05, 0.1) is 13.2 Å². The monoisotopic (exact) mass is 359 g/mol. The van der Waals surface area contributed by atoms with Gasteiger partial charge in [-0.05, 0) is 37.5 Å². The largest absolute Gasteiger partial charge is 0.381 e. The standard InChI is InChI=1S/C16H29N3O4S/c20-24(21,19-5-9-23-10-6-19)17-16-12-18(11-15(16)13-1-2-13)14-3-7-22-8-4-14/h13-17H,1-12H2/t15-,16+/m0/s1. The Morgan fingerprint density at radius 1 is 0.875 bits per heavy atom. The van der Waals surface area contributed by atoms with E-state index in [-0.39, 0.29) is 6.04 Å². The number of ether oxygens (including phenoxy) is 2. The zero-order valence-corrected chi connectivity index (χ0v) is 15.0. The number of nitrogens with zero attached hydrogens (tertiary/aromatic N) is 2. The Hall–Kier alpha value is -0.250. The number of likely N-dealkylation sites (tertiary alicyclic amines) is 1. The van der Waals surface area contributed by atoms with E-state index in [1.54, 1.807) is 0 Å². The maximum absolute atomic E-state index is 12.7. The maximum Gasteiger partial charge on any atom is 0.279 e. The van der Waals surface area contributed by atoms with Crippen LogP contribution in [0.1, 0.15) is 25.7 Å². The molecule has 4 aliphatic rings. The highest BCUT2D eigenvalue weighted by Crippen LogP contribution is 2.42. The summed E-state index contributed by atoms with van der Waals surface area (Å²) in [5.74, 6) is 1.16. The molecule has 24 heavy (non-hydrogen) atoms. The Morgan fingerprint density at radius 2 is 1.54 bits per heavy atom. The molecule has 0 aromatic rings. The number of rotatable bonds is 5. The molecule has 4 fully saturated rings. The van der Waals surface area contributed by atoms with Crippen molar-refractivity contribution in [3.63, 3.8) is 0 Å².